The van der Waals surface area contributed by atoms with Gasteiger partial charge in [-0.3, -0.25) is 36.4 Å². The summed E-state index contributed by atoms with van der Waals surface area (Å²) in [5.41, 5.74) is 8.00. The fourth-order valence-electron chi connectivity index (χ4n) is 14.2. The molecule has 0 saturated heterocycles. The number of sulfonamides is 4. The van der Waals surface area contributed by atoms with E-state index >= 15 is 0 Å². The van der Waals surface area contributed by atoms with Gasteiger partial charge in [0.2, 0.25) is 0 Å². The van der Waals surface area contributed by atoms with Gasteiger partial charge in [0.15, 0.2) is 0 Å². The molecule has 35 heteroatoms. The van der Waals surface area contributed by atoms with Crippen LogP contribution in [0.2, 0.25) is 0 Å². The Morgan fingerprint density at radius 3 is 0.835 bits per heavy atom. The summed E-state index contributed by atoms with van der Waals surface area (Å²) in [7, 11) is -9.29. The van der Waals surface area contributed by atoms with E-state index in [1.54, 1.807) is 69.3 Å². The van der Waals surface area contributed by atoms with E-state index in [1.807, 2.05) is 64.5 Å². The molecule has 0 aromatic heterocycles. The van der Waals surface area contributed by atoms with Crippen LogP contribution in [0.4, 0.5) is 40.3 Å². The van der Waals surface area contributed by atoms with E-state index in [4.69, 9.17) is 20.4 Å². The van der Waals surface area contributed by atoms with Crippen LogP contribution >= 0.6 is 0 Å². The largest absolute Gasteiger partial charge is 1.00 e. The average Bonchev–Trinajstić information content (AvgIpc) is 1.61. The van der Waals surface area contributed by atoms with Crippen molar-refractivity contribution in [3.63, 3.8) is 0 Å². The van der Waals surface area contributed by atoms with Crippen molar-refractivity contribution in [1.29, 1.82) is 0 Å². The Labute approximate surface area is 687 Å². The molecule has 8 aromatic rings. The third kappa shape index (κ3) is 21.6. The number of benzene rings is 8. The third-order valence-electron chi connectivity index (χ3n) is 20.4. The summed E-state index contributed by atoms with van der Waals surface area (Å²) < 4.78 is 168. The number of nitrogens with one attached hydrogen (secondary N) is 1. The second kappa shape index (κ2) is 40.8. The Hall–Kier alpha value is -8.93. The minimum Gasteiger partial charge on any atom is -1.00 e. The molecule has 8 aromatic carbocycles. The van der Waals surface area contributed by atoms with Gasteiger partial charge < -0.3 is 78.9 Å². The fraction of sp³-hybridized carbons (Fsp3) is 0.350. The van der Waals surface area contributed by atoms with Gasteiger partial charge in [-0.15, -0.1) is 0 Å². The zero-order valence-electron chi connectivity index (χ0n) is 64.5. The quantitative estimate of drug-likeness (QED) is 0.0306. The van der Waals surface area contributed by atoms with Gasteiger partial charge >= 0.3 is 23.9 Å². The second-order valence-corrected chi connectivity index (χ2v) is 35.7. The molecule has 0 amide bonds. The van der Waals surface area contributed by atoms with E-state index in [0.29, 0.717) is 123 Å². The topological polar surface area (TPSA) is 361 Å². The van der Waals surface area contributed by atoms with Crippen LogP contribution < -0.4 is 75.7 Å². The summed E-state index contributed by atoms with van der Waals surface area (Å²) in [4.78, 5) is 43.2. The number of aryl methyl sites for hydroxylation is 4. The van der Waals surface area contributed by atoms with Gasteiger partial charge in [0.1, 0.15) is 41.4 Å². The maximum Gasteiger partial charge on any atom is 0.303 e. The van der Waals surface area contributed by atoms with Crippen molar-refractivity contribution >= 4 is 86.7 Å². The second-order valence-electron chi connectivity index (χ2n) is 28.0. The predicted molar refractivity (Wildman–Crippen MR) is 414 cm³/mol. The van der Waals surface area contributed by atoms with Gasteiger partial charge in [-0.1, -0.05) is 72.8 Å². The smallest absolute Gasteiger partial charge is 0.303 e. The van der Waals surface area contributed by atoms with Gasteiger partial charge in [0.05, 0.1) is 68.0 Å². The SMILES string of the molecule is Cc1cc2c(cc1F)C(NCCCCC(=O)O)c1ccccc1N(C)S2(=O)=O.Cc1cc2c(cc1F)C([NH2+]CCCCC(=O)O)c1ccccc1N(C)S2(=O)=O.Cc1cc2c(cc1F)C([NH2+]CCCCC(=O)O)c1ccccc1N(C)S2(=O)=O.Cc1cc2c(cc1F)C([NH2+]CCCCC(=O)O)c1ccccc1N(C)S2(=O)=O.[Cl-].[Cl-].[Cl-]. The molecular formula is C80H95Cl3F4N8O16S4. The number of nitrogens with zero attached hydrogens (tertiary/aromatic N) is 4. The van der Waals surface area contributed by atoms with Crippen LogP contribution in [0.5, 0.6) is 0 Å². The Kier molecular flexibility index (Phi) is 33.7. The highest BCUT2D eigenvalue weighted by Crippen LogP contribution is 2.45. The summed E-state index contributed by atoms with van der Waals surface area (Å²) in [6, 6.07) is 37.8. The number of rotatable bonds is 24. The number of carbonyl (C=O) groups is 4. The molecule has 4 heterocycles. The van der Waals surface area contributed by atoms with Crippen molar-refractivity contribution in [2.24, 2.45) is 0 Å². The first-order valence-electron chi connectivity index (χ1n) is 36.5. The number of anilines is 4. The van der Waals surface area contributed by atoms with Gasteiger partial charge in [0, 0.05) is 87.3 Å². The molecule has 115 heavy (non-hydrogen) atoms. The standard InChI is InChI=1S/4C20H23FN2O4S.3ClH/c4*1-13-11-18-15(12-16(13)21)20(22-10-6-5-9-19(24)25)14-7-3-4-8-17(14)23(2)28(18,26)27;;;/h4*3-4,7-8,11-12,20,22H,5-6,9-10H2,1-2H3,(H,24,25);3*1H. The molecule has 0 saturated carbocycles. The number of carboxylic acids is 4. The van der Waals surface area contributed by atoms with E-state index in [0.717, 1.165) is 22.3 Å². The van der Waals surface area contributed by atoms with Crippen LogP contribution in [-0.2, 0) is 59.3 Å². The first kappa shape index (κ1) is 94.9. The lowest BCUT2D eigenvalue weighted by Crippen LogP contribution is -3.00. The summed E-state index contributed by atoms with van der Waals surface area (Å²) in [5.74, 6) is -5.16. The van der Waals surface area contributed by atoms with Crippen LogP contribution in [0, 0.1) is 51.0 Å². The van der Waals surface area contributed by atoms with E-state index in [2.05, 4.69) is 5.32 Å². The van der Waals surface area contributed by atoms with Gasteiger partial charge in [-0.05, 0) is 192 Å². The van der Waals surface area contributed by atoms with Crippen molar-refractivity contribution in [2.75, 3.05) is 71.6 Å². The van der Waals surface area contributed by atoms with Crippen molar-refractivity contribution in [3.05, 3.63) is 236 Å². The molecule has 0 fully saturated rings. The molecule has 0 bridgehead atoms. The maximum atomic E-state index is 14.4. The number of halogens is 7. The molecule has 4 aliphatic heterocycles. The number of quaternary nitrogens is 3. The zero-order valence-corrected chi connectivity index (χ0v) is 70.0. The molecule has 0 spiro atoms. The number of unbranched alkanes of at least 4 members (excludes halogenated alkanes) is 4. The summed E-state index contributed by atoms with van der Waals surface area (Å²) in [6.45, 7) is 8.47. The average molecular weight is 1740 g/mol. The van der Waals surface area contributed by atoms with E-state index in [-0.39, 0.29) is 105 Å². The zero-order chi connectivity index (χ0) is 81.9. The Morgan fingerprint density at radius 1 is 0.339 bits per heavy atom. The number of fused-ring (bicyclic) bond motifs is 8. The van der Waals surface area contributed by atoms with Gasteiger partial charge in [0.25, 0.3) is 40.1 Å². The number of para-hydroxylation sites is 4. The molecule has 24 nitrogen and oxygen atoms in total. The highest BCUT2D eigenvalue weighted by molar-refractivity contribution is 7.93. The summed E-state index contributed by atoms with van der Waals surface area (Å²) in [5, 5.41) is 44.3. The molecule has 0 aliphatic carbocycles. The number of hydrogen-bond acceptors (Lipinski definition) is 13. The van der Waals surface area contributed by atoms with Crippen LogP contribution in [-0.4, -0.2) is 132 Å². The lowest BCUT2D eigenvalue weighted by atomic mass is 9.95. The number of aliphatic carboxylic acids is 4. The number of hydrogen-bond donors (Lipinski definition) is 8. The van der Waals surface area contributed by atoms with Crippen molar-refractivity contribution in [1.82, 2.24) is 5.32 Å². The van der Waals surface area contributed by atoms with E-state index in [1.165, 1.54) is 101 Å². The van der Waals surface area contributed by atoms with Crippen LogP contribution in [0.25, 0.3) is 0 Å². The van der Waals surface area contributed by atoms with Crippen LogP contribution in [0.15, 0.2) is 165 Å². The third-order valence-corrected chi connectivity index (χ3v) is 27.7. The minimum atomic E-state index is -3.84. The molecule has 11 N–H and O–H groups in total. The molecule has 4 unspecified atom stereocenters. The molecular weight excluding hydrogens is 1640 g/mol. The molecule has 4 aliphatic rings. The molecule has 4 atom stereocenters. The maximum absolute atomic E-state index is 14.4. The van der Waals surface area contributed by atoms with Crippen molar-refractivity contribution in [3.8, 4) is 0 Å². The predicted octanol–water partition coefficient (Wildman–Crippen LogP) is 0.759. The molecule has 12 rings (SSSR count). The van der Waals surface area contributed by atoms with Crippen molar-refractivity contribution < 1.29 is 144 Å². The van der Waals surface area contributed by atoms with Crippen LogP contribution in [0.3, 0.4) is 0 Å². The highest BCUT2D eigenvalue weighted by atomic mass is 35.5. The van der Waals surface area contributed by atoms with Gasteiger partial charge in [-0.2, -0.15) is 0 Å². The lowest BCUT2D eigenvalue weighted by Gasteiger charge is -2.22. The monoisotopic (exact) mass is 1730 g/mol. The number of nitrogens with two attached hydrogens (primary N) is 3. The molecule has 0 radical (unpaired) electrons. The number of carboxylic acid groups (broad SMARTS) is 4. The van der Waals surface area contributed by atoms with Crippen molar-refractivity contribution in [2.45, 2.75) is 148 Å². The normalized spacial score (nSPS) is 17.1. The Bertz CT molecular complexity index is 4700. The minimum absolute atomic E-state index is 0. The van der Waals surface area contributed by atoms with Gasteiger partial charge in [-0.25, -0.2) is 51.2 Å². The highest BCUT2D eigenvalue weighted by Gasteiger charge is 2.42. The Balaban J connectivity index is 0.000000236. The van der Waals surface area contributed by atoms with E-state index < -0.39 is 111 Å². The molecule has 624 valence electrons. The summed E-state index contributed by atoms with van der Waals surface area (Å²) in [6.07, 6.45) is 5.07. The fourth-order valence-corrected chi connectivity index (χ4v) is 20.3. The Morgan fingerprint density at radius 2 is 0.565 bits per heavy atom. The van der Waals surface area contributed by atoms with E-state index in [9.17, 15) is 70.4 Å². The lowest BCUT2D eigenvalue weighted by molar-refractivity contribution is -0.687. The first-order valence-corrected chi connectivity index (χ1v) is 42.3. The van der Waals surface area contributed by atoms with Crippen LogP contribution in [0.1, 0.15) is 168 Å². The summed E-state index contributed by atoms with van der Waals surface area (Å²) >= 11 is 0. The first-order chi connectivity index (χ1) is 52.9.